The molecule has 0 radical (unpaired) electrons. The standard InChI is InChI=1S/C15H21NO3/c1-15(2,3)19-14(18)16-9-10-8-12(10)11-6-4-5-7-13(11)17/h4-7,10,12,17H,8-9H2,1-3H3,(H,16,18). The minimum Gasteiger partial charge on any atom is -0.508 e. The minimum absolute atomic E-state index is 0.340. The molecule has 1 amide bonds. The van der Waals surface area contributed by atoms with Crippen LogP contribution in [0, 0.1) is 5.92 Å². The van der Waals surface area contributed by atoms with Gasteiger partial charge in [0.25, 0.3) is 0 Å². The maximum atomic E-state index is 11.5. The van der Waals surface area contributed by atoms with E-state index in [-0.39, 0.29) is 6.09 Å². The Kier molecular flexibility index (Phi) is 3.69. The molecule has 2 atom stereocenters. The summed E-state index contributed by atoms with van der Waals surface area (Å²) in [5.74, 6) is 1.07. The molecule has 0 aromatic heterocycles. The number of aromatic hydroxyl groups is 1. The Morgan fingerprint density at radius 3 is 2.74 bits per heavy atom. The molecule has 0 bridgehead atoms. The van der Waals surface area contributed by atoms with Gasteiger partial charge in [0.2, 0.25) is 0 Å². The lowest BCUT2D eigenvalue weighted by Gasteiger charge is -2.19. The van der Waals surface area contributed by atoms with Gasteiger partial charge in [-0.25, -0.2) is 4.79 Å². The predicted octanol–water partition coefficient (Wildman–Crippen LogP) is 3.02. The molecule has 19 heavy (non-hydrogen) atoms. The first-order chi connectivity index (χ1) is 8.87. The molecule has 4 heteroatoms. The van der Waals surface area contributed by atoms with Gasteiger partial charge in [-0.15, -0.1) is 0 Å². The third-order valence-electron chi connectivity index (χ3n) is 3.17. The highest BCUT2D eigenvalue weighted by Crippen LogP contribution is 2.49. The Hall–Kier alpha value is -1.71. The number of carbonyl (C=O) groups excluding carboxylic acids is 1. The van der Waals surface area contributed by atoms with Crippen LogP contribution in [0.1, 0.15) is 38.7 Å². The maximum Gasteiger partial charge on any atom is 0.407 e. The fraction of sp³-hybridized carbons (Fsp3) is 0.533. The van der Waals surface area contributed by atoms with Crippen LogP contribution in [0.15, 0.2) is 24.3 Å². The summed E-state index contributed by atoms with van der Waals surface area (Å²) in [4.78, 5) is 11.5. The summed E-state index contributed by atoms with van der Waals surface area (Å²) in [6.07, 6.45) is 0.614. The molecule has 0 aliphatic heterocycles. The van der Waals surface area contributed by atoms with Crippen LogP contribution in [-0.4, -0.2) is 23.3 Å². The first-order valence-electron chi connectivity index (χ1n) is 6.61. The van der Waals surface area contributed by atoms with Gasteiger partial charge in [0.15, 0.2) is 0 Å². The number of phenols is 1. The van der Waals surface area contributed by atoms with Crippen LogP contribution in [0.5, 0.6) is 5.75 Å². The lowest BCUT2D eigenvalue weighted by molar-refractivity contribution is 0.0525. The Bertz CT molecular complexity index is 465. The van der Waals surface area contributed by atoms with Crippen LogP contribution in [0.3, 0.4) is 0 Å². The quantitative estimate of drug-likeness (QED) is 0.881. The number of ether oxygens (including phenoxy) is 1. The van der Waals surface area contributed by atoms with Gasteiger partial charge in [0, 0.05) is 6.54 Å². The van der Waals surface area contributed by atoms with Crippen LogP contribution in [0.4, 0.5) is 4.79 Å². The molecule has 0 spiro atoms. The molecule has 1 saturated carbocycles. The highest BCUT2D eigenvalue weighted by Gasteiger charge is 2.39. The molecule has 1 aliphatic rings. The summed E-state index contributed by atoms with van der Waals surface area (Å²) >= 11 is 0. The number of rotatable bonds is 3. The average molecular weight is 263 g/mol. The number of amides is 1. The van der Waals surface area contributed by atoms with Crippen molar-refractivity contribution in [3.8, 4) is 5.75 Å². The Balaban J connectivity index is 1.79. The van der Waals surface area contributed by atoms with E-state index >= 15 is 0 Å². The van der Waals surface area contributed by atoms with Crippen LogP contribution < -0.4 is 5.32 Å². The monoisotopic (exact) mass is 263 g/mol. The van der Waals surface area contributed by atoms with Crippen molar-refractivity contribution in [1.29, 1.82) is 0 Å². The van der Waals surface area contributed by atoms with E-state index < -0.39 is 5.60 Å². The summed E-state index contributed by atoms with van der Waals surface area (Å²) in [6.45, 7) is 6.12. The fourth-order valence-electron chi connectivity index (χ4n) is 2.18. The molecule has 104 valence electrons. The van der Waals surface area contributed by atoms with Gasteiger partial charge < -0.3 is 15.2 Å². The zero-order valence-electron chi connectivity index (χ0n) is 11.6. The van der Waals surface area contributed by atoms with E-state index in [4.69, 9.17) is 4.74 Å². The normalized spacial score (nSPS) is 21.8. The van der Waals surface area contributed by atoms with E-state index in [0.717, 1.165) is 12.0 Å². The number of alkyl carbamates (subject to hydrolysis) is 1. The molecule has 1 aromatic carbocycles. The maximum absolute atomic E-state index is 11.5. The number of phenolic OH excluding ortho intramolecular Hbond substituents is 1. The van der Waals surface area contributed by atoms with E-state index in [9.17, 15) is 9.90 Å². The summed E-state index contributed by atoms with van der Waals surface area (Å²) in [5.41, 5.74) is 0.503. The highest BCUT2D eigenvalue weighted by atomic mass is 16.6. The summed E-state index contributed by atoms with van der Waals surface area (Å²) < 4.78 is 5.18. The molecule has 1 aliphatic carbocycles. The number of hydrogen-bond acceptors (Lipinski definition) is 3. The number of hydrogen-bond donors (Lipinski definition) is 2. The van der Waals surface area contributed by atoms with Crippen molar-refractivity contribution in [2.45, 2.75) is 38.7 Å². The molecule has 2 unspecified atom stereocenters. The zero-order valence-corrected chi connectivity index (χ0v) is 11.6. The van der Waals surface area contributed by atoms with Gasteiger partial charge in [-0.05, 0) is 50.7 Å². The lowest BCUT2D eigenvalue weighted by Crippen LogP contribution is -2.33. The zero-order chi connectivity index (χ0) is 14.0. The molecule has 1 fully saturated rings. The summed E-state index contributed by atoms with van der Waals surface area (Å²) in [6, 6.07) is 7.38. The van der Waals surface area contributed by atoms with Crippen molar-refractivity contribution < 1.29 is 14.6 Å². The van der Waals surface area contributed by atoms with Gasteiger partial charge >= 0.3 is 6.09 Å². The number of carbonyl (C=O) groups is 1. The third kappa shape index (κ3) is 3.88. The van der Waals surface area contributed by atoms with Crippen molar-refractivity contribution in [3.05, 3.63) is 29.8 Å². The second-order valence-corrected chi connectivity index (χ2v) is 6.04. The van der Waals surface area contributed by atoms with E-state index in [1.54, 1.807) is 6.07 Å². The highest BCUT2D eigenvalue weighted by molar-refractivity contribution is 5.67. The molecule has 2 N–H and O–H groups in total. The first kappa shape index (κ1) is 13.7. The first-order valence-corrected chi connectivity index (χ1v) is 6.61. The van der Waals surface area contributed by atoms with Gasteiger partial charge in [-0.1, -0.05) is 18.2 Å². The van der Waals surface area contributed by atoms with Crippen LogP contribution >= 0.6 is 0 Å². The molecule has 4 nitrogen and oxygen atoms in total. The summed E-state index contributed by atoms with van der Waals surface area (Å²) in [7, 11) is 0. The van der Waals surface area contributed by atoms with E-state index in [1.165, 1.54) is 0 Å². The Labute approximate surface area is 113 Å². The molecule has 0 heterocycles. The van der Waals surface area contributed by atoms with Crippen molar-refractivity contribution in [3.63, 3.8) is 0 Å². The molecule has 2 rings (SSSR count). The van der Waals surface area contributed by atoms with Gasteiger partial charge in [-0.2, -0.15) is 0 Å². The van der Waals surface area contributed by atoms with Gasteiger partial charge in [0.05, 0.1) is 0 Å². The second-order valence-electron chi connectivity index (χ2n) is 6.04. The topological polar surface area (TPSA) is 58.6 Å². The minimum atomic E-state index is -0.468. The SMILES string of the molecule is CC(C)(C)OC(=O)NCC1CC1c1ccccc1O. The molecular weight excluding hydrogens is 242 g/mol. The molecule has 1 aromatic rings. The van der Waals surface area contributed by atoms with Crippen LogP contribution in [-0.2, 0) is 4.74 Å². The number of benzene rings is 1. The Morgan fingerprint density at radius 1 is 1.42 bits per heavy atom. The number of nitrogens with one attached hydrogen (secondary N) is 1. The van der Waals surface area contributed by atoms with Crippen LogP contribution in [0.25, 0.3) is 0 Å². The van der Waals surface area contributed by atoms with Crippen molar-refractivity contribution in [1.82, 2.24) is 5.32 Å². The van der Waals surface area contributed by atoms with E-state index in [1.807, 2.05) is 39.0 Å². The van der Waals surface area contributed by atoms with Gasteiger partial charge in [0.1, 0.15) is 11.4 Å². The molecule has 0 saturated heterocycles. The number of para-hydroxylation sites is 1. The van der Waals surface area contributed by atoms with Gasteiger partial charge in [-0.3, -0.25) is 0 Å². The van der Waals surface area contributed by atoms with E-state index in [2.05, 4.69) is 5.32 Å². The largest absolute Gasteiger partial charge is 0.508 e. The van der Waals surface area contributed by atoms with Crippen LogP contribution in [0.2, 0.25) is 0 Å². The second kappa shape index (κ2) is 5.11. The lowest BCUT2D eigenvalue weighted by atomic mass is 10.1. The average Bonchev–Trinajstić information content (AvgIpc) is 3.04. The predicted molar refractivity (Wildman–Crippen MR) is 73.2 cm³/mol. The smallest absolute Gasteiger partial charge is 0.407 e. The van der Waals surface area contributed by atoms with E-state index in [0.29, 0.717) is 24.1 Å². The summed E-state index contributed by atoms with van der Waals surface area (Å²) in [5, 5.41) is 12.5. The van der Waals surface area contributed by atoms with Crippen molar-refractivity contribution in [2.75, 3.05) is 6.54 Å². The van der Waals surface area contributed by atoms with Crippen molar-refractivity contribution in [2.24, 2.45) is 5.92 Å². The third-order valence-corrected chi connectivity index (χ3v) is 3.17. The molecular formula is C15H21NO3. The van der Waals surface area contributed by atoms with Crippen molar-refractivity contribution >= 4 is 6.09 Å². The fourth-order valence-corrected chi connectivity index (χ4v) is 2.18. The Morgan fingerprint density at radius 2 is 2.11 bits per heavy atom.